The number of benzene rings is 2. The van der Waals surface area contributed by atoms with Crippen LogP contribution in [-0.2, 0) is 15.9 Å². The maximum atomic E-state index is 13.2. The number of ether oxygens (including phenoxy) is 2. The number of hydrogen-bond donors (Lipinski definition) is 6. The number of phenolic OH excluding ortho intramolecular Hbond substituents is 2. The van der Waals surface area contributed by atoms with Crippen molar-refractivity contribution in [3.63, 3.8) is 0 Å². The van der Waals surface area contributed by atoms with Gasteiger partial charge in [-0.25, -0.2) is 0 Å². The molecule has 0 spiro atoms. The average molecular weight is 472 g/mol. The Morgan fingerprint density at radius 1 is 0.912 bits per heavy atom. The summed E-state index contributed by atoms with van der Waals surface area (Å²) in [4.78, 5) is 26.3. The highest BCUT2D eigenvalue weighted by molar-refractivity contribution is 6.30. The Kier molecular flexibility index (Phi) is 5.67. The van der Waals surface area contributed by atoms with Gasteiger partial charge in [-0.05, 0) is 19.3 Å². The molecule has 1 saturated heterocycles. The number of aromatic hydroxyl groups is 2. The zero-order chi connectivity index (χ0) is 24.3. The van der Waals surface area contributed by atoms with Crippen LogP contribution in [0.1, 0.15) is 61.9 Å². The van der Waals surface area contributed by atoms with Gasteiger partial charge in [0.2, 0.25) is 0 Å². The number of fused-ring (bicyclic) bond motifs is 3. The third kappa shape index (κ3) is 3.26. The summed E-state index contributed by atoms with van der Waals surface area (Å²) in [5.41, 5.74) is 0.0201. The molecular formula is C24H24O10. The Morgan fingerprint density at radius 2 is 1.53 bits per heavy atom. The Labute approximate surface area is 193 Å². The number of aliphatic hydroxyl groups excluding tert-OH is 4. The van der Waals surface area contributed by atoms with Gasteiger partial charge in [-0.2, -0.15) is 0 Å². The van der Waals surface area contributed by atoms with E-state index in [9.17, 15) is 40.2 Å². The van der Waals surface area contributed by atoms with Crippen LogP contribution in [0.5, 0.6) is 11.5 Å². The minimum absolute atomic E-state index is 0.0972. The van der Waals surface area contributed by atoms with Crippen LogP contribution in [0.4, 0.5) is 0 Å². The standard InChI is InChI=1S/C24H24O10/c25-8-13-20(29)22(31)23(32)24(34-13)33-12-7-3-6-11-14(12)21(30)16-15(19(11)28)17(26)9-4-1-2-5-10(9)18(16)27/h1-2,4-5,12-13,20,22-25,28-32H,3,6-8H2/t12-,13+,20-,22-,23-,24-/m1/s1. The van der Waals surface area contributed by atoms with Crippen LogP contribution >= 0.6 is 0 Å². The second kappa shape index (κ2) is 8.42. The molecule has 180 valence electrons. The minimum atomic E-state index is -1.66. The van der Waals surface area contributed by atoms with Gasteiger partial charge in [-0.1, -0.05) is 24.3 Å². The monoisotopic (exact) mass is 472 g/mol. The SMILES string of the molecule is O=C1c2ccccc2C(=O)c2c(O)c3c(c(O)c21)CCC[C@H]3O[C@@H]1O[C@@H](CO)[C@@H](O)[C@@H](O)[C@H]1O. The molecule has 0 aromatic heterocycles. The van der Waals surface area contributed by atoms with Crippen LogP contribution in [0, 0.1) is 0 Å². The quantitative estimate of drug-likeness (QED) is 0.286. The van der Waals surface area contributed by atoms with E-state index in [0.717, 1.165) is 0 Å². The first-order valence-electron chi connectivity index (χ1n) is 11.0. The zero-order valence-corrected chi connectivity index (χ0v) is 17.9. The van der Waals surface area contributed by atoms with Crippen molar-refractivity contribution < 1.29 is 49.7 Å². The van der Waals surface area contributed by atoms with E-state index in [1.54, 1.807) is 12.1 Å². The summed E-state index contributed by atoms with van der Waals surface area (Å²) in [5, 5.41) is 62.0. The second-order valence-corrected chi connectivity index (χ2v) is 8.76. The molecule has 2 aromatic carbocycles. The van der Waals surface area contributed by atoms with Gasteiger partial charge in [0.1, 0.15) is 35.9 Å². The number of rotatable bonds is 3. The molecule has 0 unspecified atom stereocenters. The van der Waals surface area contributed by atoms with Crippen LogP contribution in [0.3, 0.4) is 0 Å². The van der Waals surface area contributed by atoms with Gasteiger partial charge in [-0.3, -0.25) is 9.59 Å². The van der Waals surface area contributed by atoms with E-state index < -0.39 is 66.5 Å². The summed E-state index contributed by atoms with van der Waals surface area (Å²) in [6, 6.07) is 6.15. The molecule has 0 saturated carbocycles. The smallest absolute Gasteiger partial charge is 0.198 e. The fourth-order valence-electron chi connectivity index (χ4n) is 5.07. The maximum Gasteiger partial charge on any atom is 0.198 e. The van der Waals surface area contributed by atoms with Gasteiger partial charge in [0.05, 0.1) is 23.8 Å². The van der Waals surface area contributed by atoms with Gasteiger partial charge in [0.25, 0.3) is 0 Å². The average Bonchev–Trinajstić information content (AvgIpc) is 2.85. The number of carbonyl (C=O) groups excluding carboxylic acids is 2. The fourth-order valence-corrected chi connectivity index (χ4v) is 5.07. The van der Waals surface area contributed by atoms with Crippen LogP contribution < -0.4 is 0 Å². The first kappa shape index (κ1) is 22.9. The lowest BCUT2D eigenvalue weighted by atomic mass is 9.77. The van der Waals surface area contributed by atoms with Gasteiger partial charge in [0.15, 0.2) is 17.9 Å². The van der Waals surface area contributed by atoms with Crippen molar-refractivity contribution in [2.75, 3.05) is 6.61 Å². The lowest BCUT2D eigenvalue weighted by molar-refractivity contribution is -0.313. The normalized spacial score (nSPS) is 30.5. The van der Waals surface area contributed by atoms with Crippen LogP contribution in [-0.4, -0.2) is 79.5 Å². The summed E-state index contributed by atoms with van der Waals surface area (Å²) in [7, 11) is 0. The van der Waals surface area contributed by atoms with Crippen molar-refractivity contribution in [1.82, 2.24) is 0 Å². The highest BCUT2D eigenvalue weighted by atomic mass is 16.7. The van der Waals surface area contributed by atoms with Gasteiger partial charge >= 0.3 is 0 Å². The Balaban J connectivity index is 1.58. The number of phenols is 2. The van der Waals surface area contributed by atoms with Crippen molar-refractivity contribution in [3.8, 4) is 11.5 Å². The summed E-state index contributed by atoms with van der Waals surface area (Å²) < 4.78 is 11.3. The van der Waals surface area contributed by atoms with E-state index in [-0.39, 0.29) is 33.4 Å². The molecule has 5 rings (SSSR count). The fraction of sp³-hybridized carbons (Fsp3) is 0.417. The Bertz CT molecular complexity index is 1170. The largest absolute Gasteiger partial charge is 0.507 e. The topological polar surface area (TPSA) is 174 Å². The van der Waals surface area contributed by atoms with Crippen molar-refractivity contribution in [1.29, 1.82) is 0 Å². The van der Waals surface area contributed by atoms with E-state index in [1.165, 1.54) is 12.1 Å². The molecule has 3 aliphatic rings. The van der Waals surface area contributed by atoms with E-state index in [0.29, 0.717) is 19.3 Å². The Hall–Kier alpha value is -2.86. The lowest BCUT2D eigenvalue weighted by Crippen LogP contribution is -2.59. The van der Waals surface area contributed by atoms with Crippen LogP contribution in [0.25, 0.3) is 0 Å². The first-order valence-corrected chi connectivity index (χ1v) is 11.0. The van der Waals surface area contributed by atoms with Crippen molar-refractivity contribution in [2.45, 2.75) is 56.1 Å². The van der Waals surface area contributed by atoms with Crippen molar-refractivity contribution >= 4 is 11.6 Å². The van der Waals surface area contributed by atoms with E-state index in [4.69, 9.17) is 9.47 Å². The molecule has 0 bridgehead atoms. The molecule has 2 aromatic rings. The van der Waals surface area contributed by atoms with Gasteiger partial charge < -0.3 is 40.1 Å². The van der Waals surface area contributed by atoms with Crippen molar-refractivity contribution in [3.05, 3.63) is 57.6 Å². The molecule has 6 atom stereocenters. The third-order valence-electron chi connectivity index (χ3n) is 6.82. The predicted molar refractivity (Wildman–Crippen MR) is 114 cm³/mol. The molecule has 0 amide bonds. The number of carbonyl (C=O) groups is 2. The zero-order valence-electron chi connectivity index (χ0n) is 17.9. The molecule has 1 heterocycles. The van der Waals surface area contributed by atoms with Gasteiger partial charge in [-0.15, -0.1) is 0 Å². The van der Waals surface area contributed by atoms with E-state index >= 15 is 0 Å². The maximum absolute atomic E-state index is 13.2. The minimum Gasteiger partial charge on any atom is -0.507 e. The van der Waals surface area contributed by atoms with E-state index in [2.05, 4.69) is 0 Å². The van der Waals surface area contributed by atoms with E-state index in [1.807, 2.05) is 0 Å². The molecule has 2 aliphatic carbocycles. The molecule has 10 nitrogen and oxygen atoms in total. The van der Waals surface area contributed by atoms with Crippen molar-refractivity contribution in [2.24, 2.45) is 0 Å². The molecule has 0 radical (unpaired) electrons. The molecule has 1 aliphatic heterocycles. The molecule has 6 N–H and O–H groups in total. The highest BCUT2D eigenvalue weighted by Gasteiger charge is 2.46. The predicted octanol–water partition coefficient (Wildman–Crippen LogP) is 0.0671. The summed E-state index contributed by atoms with van der Waals surface area (Å²) in [6.45, 7) is -0.637. The second-order valence-electron chi connectivity index (χ2n) is 8.76. The molecule has 34 heavy (non-hydrogen) atoms. The molecule has 10 heteroatoms. The summed E-state index contributed by atoms with van der Waals surface area (Å²) >= 11 is 0. The lowest BCUT2D eigenvalue weighted by Gasteiger charge is -2.41. The summed E-state index contributed by atoms with van der Waals surface area (Å²) in [5.74, 6) is -2.08. The summed E-state index contributed by atoms with van der Waals surface area (Å²) in [6.07, 6.45) is -7.40. The first-order chi connectivity index (χ1) is 16.3. The van der Waals surface area contributed by atoms with Crippen LogP contribution in [0.15, 0.2) is 24.3 Å². The van der Waals surface area contributed by atoms with Crippen LogP contribution in [0.2, 0.25) is 0 Å². The third-order valence-corrected chi connectivity index (χ3v) is 6.82. The molecule has 1 fully saturated rings. The molecular weight excluding hydrogens is 448 g/mol. The number of ketones is 2. The van der Waals surface area contributed by atoms with Gasteiger partial charge in [0, 0.05) is 22.3 Å². The number of aliphatic hydroxyl groups is 4. The Morgan fingerprint density at radius 3 is 2.15 bits per heavy atom. The highest BCUT2D eigenvalue weighted by Crippen LogP contribution is 2.49. The number of hydrogen-bond acceptors (Lipinski definition) is 10.